The van der Waals surface area contributed by atoms with Crippen LogP contribution >= 0.6 is 0 Å². The van der Waals surface area contributed by atoms with E-state index in [2.05, 4.69) is 21.7 Å². The highest BCUT2D eigenvalue weighted by Gasteiger charge is 2.35. The number of alkyl halides is 3. The lowest BCUT2D eigenvalue weighted by Crippen LogP contribution is -2.20. The Morgan fingerprint density at radius 2 is 1.79 bits per heavy atom. The van der Waals surface area contributed by atoms with Gasteiger partial charge in [-0.05, 0) is 50.8 Å². The van der Waals surface area contributed by atoms with Crippen molar-refractivity contribution in [2.24, 2.45) is 9.98 Å². The maximum Gasteiger partial charge on any atom is 0.451 e. The second kappa shape index (κ2) is 5.77. The van der Waals surface area contributed by atoms with Gasteiger partial charge in [-0.1, -0.05) is 0 Å². The Morgan fingerprint density at radius 3 is 2.21 bits per heavy atom. The minimum Gasteiger partial charge on any atom is -0.258 e. The molecule has 0 aromatic carbocycles. The molecule has 0 aliphatic rings. The van der Waals surface area contributed by atoms with Gasteiger partial charge < -0.3 is 0 Å². The van der Waals surface area contributed by atoms with Crippen LogP contribution in [0.3, 0.4) is 0 Å². The molecule has 0 aliphatic carbocycles. The van der Waals surface area contributed by atoms with Gasteiger partial charge >= 0.3 is 6.18 Å². The smallest absolute Gasteiger partial charge is 0.258 e. The number of nitrogens with zero attached hydrogens (tertiary/aromatic N) is 3. The van der Waals surface area contributed by atoms with E-state index in [4.69, 9.17) is 0 Å². The molecule has 0 bridgehead atoms. The van der Waals surface area contributed by atoms with Crippen molar-refractivity contribution in [3.63, 3.8) is 0 Å². The van der Waals surface area contributed by atoms with Crippen molar-refractivity contribution in [3.8, 4) is 0 Å². The number of halogens is 3. The minimum atomic E-state index is -4.59. The molecule has 102 valence electrons. The fraction of sp³-hybridized carbons (Fsp3) is 0.308. The average molecular weight is 269 g/mol. The molecule has 0 spiro atoms. The SMILES string of the molecule is C=N/C(=N\C=C(/C)c1cc(C)nc(C)c1)C(F)(F)F. The zero-order valence-electron chi connectivity index (χ0n) is 10.9. The number of aliphatic imine (C=N–C) groups is 2. The average Bonchev–Trinajstić information content (AvgIpc) is 2.26. The zero-order chi connectivity index (χ0) is 14.6. The molecule has 0 aliphatic heterocycles. The number of rotatable bonds is 2. The third-order valence-electron chi connectivity index (χ3n) is 2.32. The van der Waals surface area contributed by atoms with Gasteiger partial charge in [0.05, 0.1) is 0 Å². The largest absolute Gasteiger partial charge is 0.451 e. The van der Waals surface area contributed by atoms with Gasteiger partial charge in [0.15, 0.2) is 0 Å². The second-order valence-electron chi connectivity index (χ2n) is 4.06. The fourth-order valence-electron chi connectivity index (χ4n) is 1.50. The lowest BCUT2D eigenvalue weighted by molar-refractivity contribution is -0.0596. The first-order valence-electron chi connectivity index (χ1n) is 5.48. The summed E-state index contributed by atoms with van der Waals surface area (Å²) in [5.41, 5.74) is 2.97. The number of hydrogen-bond donors (Lipinski definition) is 0. The summed E-state index contributed by atoms with van der Waals surface area (Å²) >= 11 is 0. The summed E-state index contributed by atoms with van der Waals surface area (Å²) in [4.78, 5) is 10.4. The van der Waals surface area contributed by atoms with Gasteiger partial charge in [-0.25, -0.2) is 9.98 Å². The minimum absolute atomic E-state index is 0.596. The van der Waals surface area contributed by atoms with E-state index in [0.29, 0.717) is 5.57 Å². The first-order chi connectivity index (χ1) is 8.74. The van der Waals surface area contributed by atoms with Crippen LogP contribution in [0.2, 0.25) is 0 Å². The summed E-state index contributed by atoms with van der Waals surface area (Å²) in [6, 6.07) is 3.56. The van der Waals surface area contributed by atoms with E-state index in [-0.39, 0.29) is 0 Å². The highest BCUT2D eigenvalue weighted by atomic mass is 19.4. The van der Waals surface area contributed by atoms with E-state index in [9.17, 15) is 13.2 Å². The van der Waals surface area contributed by atoms with Crippen LogP contribution in [-0.2, 0) is 0 Å². The van der Waals surface area contributed by atoms with Gasteiger partial charge in [-0.2, -0.15) is 13.2 Å². The Morgan fingerprint density at radius 1 is 1.26 bits per heavy atom. The molecule has 6 heteroatoms. The Hall–Kier alpha value is -1.98. The Balaban J connectivity index is 3.12. The van der Waals surface area contributed by atoms with Crippen molar-refractivity contribution >= 4 is 18.1 Å². The molecule has 0 radical (unpaired) electrons. The number of aryl methyl sites for hydroxylation is 2. The molecule has 1 heterocycles. The van der Waals surface area contributed by atoms with Gasteiger partial charge in [0.2, 0.25) is 5.84 Å². The lowest BCUT2D eigenvalue weighted by atomic mass is 10.1. The van der Waals surface area contributed by atoms with Gasteiger partial charge in [-0.15, -0.1) is 0 Å². The van der Waals surface area contributed by atoms with E-state index in [1.807, 2.05) is 13.8 Å². The number of pyridine rings is 1. The second-order valence-corrected chi connectivity index (χ2v) is 4.06. The van der Waals surface area contributed by atoms with Gasteiger partial charge in [-0.3, -0.25) is 4.98 Å². The van der Waals surface area contributed by atoms with Crippen molar-refractivity contribution in [1.29, 1.82) is 0 Å². The molecule has 1 aromatic rings. The number of aromatic nitrogens is 1. The monoisotopic (exact) mass is 269 g/mol. The Labute approximate surface area is 109 Å². The quantitative estimate of drug-likeness (QED) is 0.595. The van der Waals surface area contributed by atoms with E-state index in [0.717, 1.165) is 23.2 Å². The first-order valence-corrected chi connectivity index (χ1v) is 5.48. The number of allylic oxidation sites excluding steroid dienone is 1. The summed E-state index contributed by atoms with van der Waals surface area (Å²) in [5, 5.41) is 0. The van der Waals surface area contributed by atoms with Crippen LogP contribution in [0.5, 0.6) is 0 Å². The van der Waals surface area contributed by atoms with Crippen LogP contribution in [0.25, 0.3) is 5.57 Å². The molecule has 0 fully saturated rings. The summed E-state index contributed by atoms with van der Waals surface area (Å²) in [6.45, 7) is 8.18. The third-order valence-corrected chi connectivity index (χ3v) is 2.32. The molecule has 0 atom stereocenters. The molecule has 3 nitrogen and oxygen atoms in total. The zero-order valence-corrected chi connectivity index (χ0v) is 10.9. The first kappa shape index (κ1) is 15.1. The molecule has 0 amide bonds. The van der Waals surface area contributed by atoms with E-state index in [1.54, 1.807) is 19.1 Å². The molecule has 0 saturated carbocycles. The summed E-state index contributed by atoms with van der Waals surface area (Å²) in [5.74, 6) is -1.26. The molecular weight excluding hydrogens is 255 g/mol. The molecule has 1 rings (SSSR count). The van der Waals surface area contributed by atoms with Crippen LogP contribution in [-0.4, -0.2) is 23.7 Å². The fourth-order valence-corrected chi connectivity index (χ4v) is 1.50. The topological polar surface area (TPSA) is 37.6 Å². The molecule has 0 saturated heterocycles. The predicted octanol–water partition coefficient (Wildman–Crippen LogP) is 3.72. The van der Waals surface area contributed by atoms with Crippen LogP contribution in [0, 0.1) is 13.8 Å². The van der Waals surface area contributed by atoms with Crippen molar-refractivity contribution < 1.29 is 13.2 Å². The van der Waals surface area contributed by atoms with Gasteiger partial charge in [0.1, 0.15) is 0 Å². The maximum absolute atomic E-state index is 12.4. The molecule has 1 aromatic heterocycles. The van der Waals surface area contributed by atoms with Gasteiger partial charge in [0, 0.05) is 17.6 Å². The van der Waals surface area contributed by atoms with Crippen LogP contribution in [0.1, 0.15) is 23.9 Å². The van der Waals surface area contributed by atoms with Crippen molar-refractivity contribution in [2.45, 2.75) is 26.9 Å². The number of amidine groups is 1. The molecular formula is C13H14F3N3. The van der Waals surface area contributed by atoms with Gasteiger partial charge in [0.25, 0.3) is 0 Å². The van der Waals surface area contributed by atoms with Crippen LogP contribution in [0.4, 0.5) is 13.2 Å². The molecule has 19 heavy (non-hydrogen) atoms. The highest BCUT2D eigenvalue weighted by molar-refractivity contribution is 5.91. The Bertz CT molecular complexity index is 522. The van der Waals surface area contributed by atoms with Crippen LogP contribution in [0.15, 0.2) is 28.3 Å². The van der Waals surface area contributed by atoms with Crippen molar-refractivity contribution in [2.75, 3.05) is 0 Å². The standard InChI is InChI=1S/C13H14F3N3/c1-8(7-18-12(17-4)13(14,15)16)11-5-9(2)19-10(3)6-11/h5-7H,4H2,1-3H3/b8-7+,18-12-. The van der Waals surface area contributed by atoms with E-state index in [1.165, 1.54) is 0 Å². The van der Waals surface area contributed by atoms with Crippen molar-refractivity contribution in [3.05, 3.63) is 35.3 Å². The van der Waals surface area contributed by atoms with Crippen LogP contribution < -0.4 is 0 Å². The molecule has 0 unspecified atom stereocenters. The summed E-state index contributed by atoms with van der Waals surface area (Å²) < 4.78 is 37.2. The van der Waals surface area contributed by atoms with E-state index >= 15 is 0 Å². The highest BCUT2D eigenvalue weighted by Crippen LogP contribution is 2.20. The maximum atomic E-state index is 12.4. The lowest BCUT2D eigenvalue weighted by Gasteiger charge is -2.05. The summed E-state index contributed by atoms with van der Waals surface area (Å²) in [7, 11) is 0. The van der Waals surface area contributed by atoms with Crippen molar-refractivity contribution in [1.82, 2.24) is 4.98 Å². The predicted molar refractivity (Wildman–Crippen MR) is 70.4 cm³/mol. The molecule has 0 N–H and O–H groups in total. The summed E-state index contributed by atoms with van der Waals surface area (Å²) in [6.07, 6.45) is -3.46. The third kappa shape index (κ3) is 4.31. The normalized spacial score (nSPS) is 13.6. The Kier molecular flexibility index (Phi) is 4.58. The number of hydrogen-bond acceptors (Lipinski definition) is 2. The van der Waals surface area contributed by atoms with E-state index < -0.39 is 12.0 Å².